The molecule has 0 aliphatic heterocycles. The second-order valence-electron chi connectivity index (χ2n) is 5.76. The van der Waals surface area contributed by atoms with Crippen LogP contribution in [0.15, 0.2) is 24.3 Å². The smallest absolute Gasteiger partial charge is 0.261 e. The molecule has 0 heterocycles. The first-order valence-corrected chi connectivity index (χ1v) is 10.1. The van der Waals surface area contributed by atoms with Crippen LogP contribution in [0.3, 0.4) is 0 Å². The predicted octanol–water partition coefficient (Wildman–Crippen LogP) is 2.54. The summed E-state index contributed by atoms with van der Waals surface area (Å²) in [5.41, 5.74) is 0.541. The lowest BCUT2D eigenvalue weighted by Crippen LogP contribution is -2.43. The van der Waals surface area contributed by atoms with E-state index in [2.05, 4.69) is 5.32 Å². The summed E-state index contributed by atoms with van der Waals surface area (Å²) in [4.78, 5) is 12.3. The molecule has 1 N–H and O–H groups in total. The number of benzene rings is 1. The van der Waals surface area contributed by atoms with Crippen molar-refractivity contribution in [3.05, 3.63) is 24.3 Å². The molecule has 0 saturated carbocycles. The van der Waals surface area contributed by atoms with Crippen LogP contribution in [0.1, 0.15) is 40.0 Å². The number of amides is 1. The minimum Gasteiger partial charge on any atom is -0.481 e. The maximum absolute atomic E-state index is 12.3. The number of ether oxygens (including phenoxy) is 1. The van der Waals surface area contributed by atoms with Gasteiger partial charge in [-0.25, -0.2) is 8.42 Å². The second kappa shape index (κ2) is 8.92. The Bertz CT molecular complexity index is 624. The van der Waals surface area contributed by atoms with Crippen LogP contribution in [-0.4, -0.2) is 39.8 Å². The monoisotopic (exact) mass is 356 g/mol. The summed E-state index contributed by atoms with van der Waals surface area (Å²) < 4.78 is 30.0. The van der Waals surface area contributed by atoms with Crippen LogP contribution < -0.4 is 14.4 Å². The molecule has 0 spiro atoms. The third-order valence-electron chi connectivity index (χ3n) is 3.97. The van der Waals surface area contributed by atoms with Crippen molar-refractivity contribution < 1.29 is 17.9 Å². The number of carbonyl (C=O) groups excluding carboxylic acids is 1. The van der Waals surface area contributed by atoms with Crippen LogP contribution in [0.25, 0.3) is 0 Å². The first-order valence-electron chi connectivity index (χ1n) is 8.23. The van der Waals surface area contributed by atoms with E-state index in [-0.39, 0.29) is 11.9 Å². The molecule has 0 radical (unpaired) electrons. The van der Waals surface area contributed by atoms with Crippen molar-refractivity contribution in [1.82, 2.24) is 5.32 Å². The van der Waals surface area contributed by atoms with Crippen molar-refractivity contribution in [3.63, 3.8) is 0 Å². The van der Waals surface area contributed by atoms with Crippen molar-refractivity contribution in [1.29, 1.82) is 0 Å². The number of nitrogens with one attached hydrogen (secondary N) is 1. The second-order valence-corrected chi connectivity index (χ2v) is 7.77. The minimum atomic E-state index is -3.30. The highest BCUT2D eigenvalue weighted by Gasteiger charge is 2.20. The molecule has 6 nitrogen and oxygen atoms in total. The summed E-state index contributed by atoms with van der Waals surface area (Å²) in [6.45, 7) is 5.96. The molecule has 0 aromatic heterocycles. The number of carbonyl (C=O) groups is 1. The summed E-state index contributed by atoms with van der Waals surface area (Å²) in [6, 6.07) is 6.80. The Morgan fingerprint density at radius 3 is 2.08 bits per heavy atom. The summed E-state index contributed by atoms with van der Waals surface area (Å²) >= 11 is 0. The highest BCUT2D eigenvalue weighted by Crippen LogP contribution is 2.21. The Kier molecular flexibility index (Phi) is 7.54. The third-order valence-corrected chi connectivity index (χ3v) is 5.18. The summed E-state index contributed by atoms with van der Waals surface area (Å²) in [5.74, 6) is 0.413. The first-order chi connectivity index (χ1) is 11.2. The van der Waals surface area contributed by atoms with E-state index in [1.54, 1.807) is 24.3 Å². The van der Waals surface area contributed by atoms with Gasteiger partial charge in [0.25, 0.3) is 5.91 Å². The van der Waals surface area contributed by atoms with Crippen LogP contribution in [0.5, 0.6) is 5.75 Å². The topological polar surface area (TPSA) is 75.7 Å². The molecule has 0 unspecified atom stereocenters. The standard InChI is InChI=1S/C17H28N2O4S/c1-6-13(7-2)18-17(20)16(8-3)23-15-11-9-14(10-12-15)19(4)24(5,21)22/h9-13,16H,6-8H2,1-5H3,(H,18,20)/t16-/m0/s1. The van der Waals surface area contributed by atoms with Gasteiger partial charge >= 0.3 is 0 Å². The molecule has 0 bridgehead atoms. The van der Waals surface area contributed by atoms with E-state index in [0.717, 1.165) is 19.1 Å². The van der Waals surface area contributed by atoms with E-state index in [4.69, 9.17) is 4.74 Å². The number of sulfonamides is 1. The molecule has 0 aliphatic carbocycles. The highest BCUT2D eigenvalue weighted by atomic mass is 32.2. The van der Waals surface area contributed by atoms with Gasteiger partial charge in [-0.3, -0.25) is 9.10 Å². The molecular formula is C17H28N2O4S. The highest BCUT2D eigenvalue weighted by molar-refractivity contribution is 7.92. The molecular weight excluding hydrogens is 328 g/mol. The fourth-order valence-corrected chi connectivity index (χ4v) is 2.70. The predicted molar refractivity (Wildman–Crippen MR) is 96.9 cm³/mol. The van der Waals surface area contributed by atoms with E-state index in [0.29, 0.717) is 17.9 Å². The summed E-state index contributed by atoms with van der Waals surface area (Å²) in [7, 11) is -1.81. The fraction of sp³-hybridized carbons (Fsp3) is 0.588. The van der Waals surface area contributed by atoms with Gasteiger partial charge in [-0.15, -0.1) is 0 Å². The Labute approximate surface area is 145 Å². The van der Waals surface area contributed by atoms with Crippen molar-refractivity contribution in [2.45, 2.75) is 52.2 Å². The molecule has 1 aromatic carbocycles. The van der Waals surface area contributed by atoms with Gasteiger partial charge in [-0.2, -0.15) is 0 Å². The largest absolute Gasteiger partial charge is 0.481 e. The van der Waals surface area contributed by atoms with Gasteiger partial charge in [0, 0.05) is 13.1 Å². The zero-order valence-electron chi connectivity index (χ0n) is 15.1. The zero-order chi connectivity index (χ0) is 18.3. The fourth-order valence-electron chi connectivity index (χ4n) is 2.20. The van der Waals surface area contributed by atoms with Gasteiger partial charge in [0.1, 0.15) is 5.75 Å². The van der Waals surface area contributed by atoms with Crippen LogP contribution >= 0.6 is 0 Å². The minimum absolute atomic E-state index is 0.122. The van der Waals surface area contributed by atoms with Gasteiger partial charge in [-0.05, 0) is 43.5 Å². The zero-order valence-corrected chi connectivity index (χ0v) is 15.9. The molecule has 24 heavy (non-hydrogen) atoms. The average molecular weight is 356 g/mol. The number of hydrogen-bond acceptors (Lipinski definition) is 4. The van der Waals surface area contributed by atoms with Crippen LogP contribution in [-0.2, 0) is 14.8 Å². The van der Waals surface area contributed by atoms with E-state index >= 15 is 0 Å². The molecule has 7 heteroatoms. The van der Waals surface area contributed by atoms with Gasteiger partial charge in [0.15, 0.2) is 6.10 Å². The van der Waals surface area contributed by atoms with Gasteiger partial charge in [-0.1, -0.05) is 20.8 Å². The van der Waals surface area contributed by atoms with E-state index < -0.39 is 16.1 Å². The summed E-state index contributed by atoms with van der Waals surface area (Å²) in [5, 5.41) is 2.99. The van der Waals surface area contributed by atoms with Gasteiger partial charge in [0.05, 0.1) is 11.9 Å². The molecule has 0 aliphatic rings. The molecule has 1 amide bonds. The molecule has 1 rings (SSSR count). The molecule has 136 valence electrons. The first kappa shape index (κ1) is 20.3. The average Bonchev–Trinajstić information content (AvgIpc) is 2.56. The maximum atomic E-state index is 12.3. The molecule has 1 aromatic rings. The Hall–Kier alpha value is -1.76. The van der Waals surface area contributed by atoms with Crippen molar-refractivity contribution in [2.24, 2.45) is 0 Å². The van der Waals surface area contributed by atoms with Crippen LogP contribution in [0, 0.1) is 0 Å². The van der Waals surface area contributed by atoms with E-state index in [1.807, 2.05) is 20.8 Å². The molecule has 0 fully saturated rings. The van der Waals surface area contributed by atoms with E-state index in [9.17, 15) is 13.2 Å². The van der Waals surface area contributed by atoms with Crippen molar-refractivity contribution >= 4 is 21.6 Å². The third kappa shape index (κ3) is 5.70. The Morgan fingerprint density at radius 1 is 1.12 bits per heavy atom. The van der Waals surface area contributed by atoms with Crippen molar-refractivity contribution in [2.75, 3.05) is 17.6 Å². The number of anilines is 1. The molecule has 1 atom stereocenters. The van der Waals surface area contributed by atoms with Crippen LogP contribution in [0.4, 0.5) is 5.69 Å². The maximum Gasteiger partial charge on any atom is 0.261 e. The lowest BCUT2D eigenvalue weighted by molar-refractivity contribution is -0.128. The lowest BCUT2D eigenvalue weighted by atomic mass is 10.1. The number of hydrogen-bond donors (Lipinski definition) is 1. The quantitative estimate of drug-likeness (QED) is 0.738. The summed E-state index contributed by atoms with van der Waals surface area (Å²) in [6.07, 6.45) is 2.89. The SMILES string of the molecule is CCC(CC)NC(=O)[C@H](CC)Oc1ccc(N(C)S(C)(=O)=O)cc1. The van der Waals surface area contributed by atoms with Crippen LogP contribution in [0.2, 0.25) is 0 Å². The van der Waals surface area contributed by atoms with Gasteiger partial charge < -0.3 is 10.1 Å². The van der Waals surface area contributed by atoms with Crippen molar-refractivity contribution in [3.8, 4) is 5.75 Å². The molecule has 0 saturated heterocycles. The lowest BCUT2D eigenvalue weighted by Gasteiger charge is -2.22. The number of rotatable bonds is 9. The normalized spacial score (nSPS) is 12.8. The Morgan fingerprint density at radius 2 is 1.67 bits per heavy atom. The van der Waals surface area contributed by atoms with Gasteiger partial charge in [0.2, 0.25) is 10.0 Å². The number of nitrogens with zero attached hydrogens (tertiary/aromatic N) is 1. The van der Waals surface area contributed by atoms with E-state index in [1.165, 1.54) is 11.4 Å². The Balaban J connectivity index is 2.78.